The Hall–Kier alpha value is -1.84. The van der Waals surface area contributed by atoms with Crippen molar-refractivity contribution in [3.05, 3.63) is 29.3 Å². The first kappa shape index (κ1) is 16.0. The van der Waals surface area contributed by atoms with Gasteiger partial charge in [-0.05, 0) is 49.9 Å². The highest BCUT2D eigenvalue weighted by atomic mass is 16.5. The van der Waals surface area contributed by atoms with E-state index >= 15 is 0 Å². The highest BCUT2D eigenvalue weighted by Crippen LogP contribution is 2.39. The first-order valence-electron chi connectivity index (χ1n) is 8.67. The van der Waals surface area contributed by atoms with Gasteiger partial charge in [-0.1, -0.05) is 31.7 Å². The van der Waals surface area contributed by atoms with Crippen molar-refractivity contribution >= 4 is 11.7 Å². The predicted molar refractivity (Wildman–Crippen MR) is 88.7 cm³/mol. The molecule has 4 heteroatoms. The van der Waals surface area contributed by atoms with Crippen LogP contribution < -0.4 is 10.1 Å². The Morgan fingerprint density at radius 1 is 1.17 bits per heavy atom. The van der Waals surface area contributed by atoms with Crippen LogP contribution in [0.1, 0.15) is 62.5 Å². The largest absolute Gasteiger partial charge is 0.494 e. The molecule has 0 aromatic heterocycles. The number of benzene rings is 1. The monoisotopic (exact) mass is 315 g/mol. The number of rotatable bonds is 3. The summed E-state index contributed by atoms with van der Waals surface area (Å²) in [6, 6.07) is 5.64. The van der Waals surface area contributed by atoms with E-state index in [9.17, 15) is 9.59 Å². The van der Waals surface area contributed by atoms with Gasteiger partial charge in [0, 0.05) is 0 Å². The molecule has 3 rings (SSSR count). The zero-order valence-corrected chi connectivity index (χ0v) is 14.0. The molecule has 0 radical (unpaired) electrons. The summed E-state index contributed by atoms with van der Waals surface area (Å²) in [5.41, 5.74) is 1.13. The van der Waals surface area contributed by atoms with Gasteiger partial charge in [0.15, 0.2) is 5.78 Å². The minimum absolute atomic E-state index is 0.0664. The number of amides is 1. The second-order valence-corrected chi connectivity index (χ2v) is 6.73. The van der Waals surface area contributed by atoms with Crippen molar-refractivity contribution in [2.45, 2.75) is 63.8 Å². The van der Waals surface area contributed by atoms with E-state index in [4.69, 9.17) is 4.74 Å². The van der Waals surface area contributed by atoms with Gasteiger partial charge in [0.25, 0.3) is 0 Å². The van der Waals surface area contributed by atoms with Crippen LogP contribution >= 0.6 is 0 Å². The molecule has 1 spiro atoms. The third-order valence-electron chi connectivity index (χ3n) is 5.18. The summed E-state index contributed by atoms with van der Waals surface area (Å²) in [5.74, 6) is 0.0494. The van der Waals surface area contributed by atoms with E-state index in [2.05, 4.69) is 5.32 Å². The van der Waals surface area contributed by atoms with Gasteiger partial charge in [0.1, 0.15) is 11.7 Å². The third kappa shape index (κ3) is 2.87. The average molecular weight is 315 g/mol. The van der Waals surface area contributed by atoms with Crippen LogP contribution in [-0.2, 0) is 9.59 Å². The third-order valence-corrected chi connectivity index (χ3v) is 5.18. The van der Waals surface area contributed by atoms with Crippen molar-refractivity contribution in [3.8, 4) is 5.75 Å². The quantitative estimate of drug-likeness (QED) is 0.871. The van der Waals surface area contributed by atoms with Crippen molar-refractivity contribution in [3.63, 3.8) is 0 Å². The van der Waals surface area contributed by atoms with Crippen LogP contribution in [0.2, 0.25) is 0 Å². The fourth-order valence-corrected chi connectivity index (χ4v) is 3.98. The number of aryl methyl sites for hydroxylation is 1. The van der Waals surface area contributed by atoms with Gasteiger partial charge < -0.3 is 10.1 Å². The molecule has 23 heavy (non-hydrogen) atoms. The van der Waals surface area contributed by atoms with Crippen LogP contribution in [0, 0.1) is 6.92 Å². The lowest BCUT2D eigenvalue weighted by Crippen LogP contribution is -2.46. The number of nitrogens with one attached hydrogen (secondary N) is 1. The van der Waals surface area contributed by atoms with Gasteiger partial charge >= 0.3 is 0 Å². The molecular weight excluding hydrogens is 290 g/mol. The van der Waals surface area contributed by atoms with E-state index in [1.807, 2.05) is 32.0 Å². The van der Waals surface area contributed by atoms with E-state index in [1.165, 1.54) is 0 Å². The number of hydrogen-bond donors (Lipinski definition) is 1. The molecule has 1 aromatic carbocycles. The number of ketones is 1. The molecule has 1 aromatic rings. The van der Waals surface area contributed by atoms with E-state index in [0.29, 0.717) is 6.61 Å². The summed E-state index contributed by atoms with van der Waals surface area (Å²) < 4.78 is 5.50. The fraction of sp³-hybridized carbons (Fsp3) is 0.579. The van der Waals surface area contributed by atoms with Crippen molar-refractivity contribution < 1.29 is 14.3 Å². The van der Waals surface area contributed by atoms with Gasteiger partial charge in [-0.15, -0.1) is 0 Å². The topological polar surface area (TPSA) is 55.4 Å². The zero-order chi connectivity index (χ0) is 16.4. The van der Waals surface area contributed by atoms with Crippen molar-refractivity contribution in [1.29, 1.82) is 0 Å². The molecule has 1 aliphatic carbocycles. The summed E-state index contributed by atoms with van der Waals surface area (Å²) >= 11 is 0. The van der Waals surface area contributed by atoms with Gasteiger partial charge in [0.05, 0.1) is 12.1 Å². The summed E-state index contributed by atoms with van der Waals surface area (Å²) in [4.78, 5) is 25.7. The maximum absolute atomic E-state index is 13.1. The van der Waals surface area contributed by atoms with Gasteiger partial charge in [0.2, 0.25) is 5.91 Å². The molecule has 1 amide bonds. The molecule has 1 N–H and O–H groups in total. The van der Waals surface area contributed by atoms with Gasteiger partial charge in [-0.3, -0.25) is 9.59 Å². The molecule has 1 atom stereocenters. The summed E-state index contributed by atoms with van der Waals surface area (Å²) in [7, 11) is 0. The van der Waals surface area contributed by atoms with Crippen molar-refractivity contribution in [2.75, 3.05) is 6.61 Å². The second-order valence-electron chi connectivity index (χ2n) is 6.73. The summed E-state index contributed by atoms with van der Waals surface area (Å²) in [6.07, 6.45) is 5.89. The normalized spacial score (nSPS) is 23.7. The zero-order valence-electron chi connectivity index (χ0n) is 14.0. The minimum Gasteiger partial charge on any atom is -0.494 e. The number of ether oxygens (including phenoxy) is 1. The number of hydrogen-bond acceptors (Lipinski definition) is 3. The molecule has 1 saturated carbocycles. The van der Waals surface area contributed by atoms with E-state index in [-0.39, 0.29) is 11.7 Å². The lowest BCUT2D eigenvalue weighted by molar-refractivity contribution is -0.125. The van der Waals surface area contributed by atoms with Crippen LogP contribution in [0.5, 0.6) is 5.75 Å². The molecule has 4 nitrogen and oxygen atoms in total. The minimum atomic E-state index is -0.663. The summed E-state index contributed by atoms with van der Waals surface area (Å²) in [5, 5.41) is 3.05. The van der Waals surface area contributed by atoms with Gasteiger partial charge in [-0.2, -0.15) is 0 Å². The Bertz CT molecular complexity index is 615. The first-order valence-corrected chi connectivity index (χ1v) is 8.67. The fourth-order valence-electron chi connectivity index (χ4n) is 3.98. The van der Waals surface area contributed by atoms with Crippen LogP contribution in [-0.4, -0.2) is 23.8 Å². The molecule has 2 fully saturated rings. The molecular formula is C19H25NO3. The lowest BCUT2D eigenvalue weighted by Gasteiger charge is -2.25. The Labute approximate surface area is 137 Å². The SMILES string of the molecule is CCOc1ccc(C2C(=O)NC3(CCCCCC3)C2=O)c(C)c1. The van der Waals surface area contributed by atoms with Crippen LogP contribution in [0.25, 0.3) is 0 Å². The van der Waals surface area contributed by atoms with Crippen LogP contribution in [0.4, 0.5) is 0 Å². The predicted octanol–water partition coefficient (Wildman–Crippen LogP) is 3.27. The maximum atomic E-state index is 13.1. The molecule has 1 aliphatic heterocycles. The number of carbonyl (C=O) groups is 2. The summed E-state index contributed by atoms with van der Waals surface area (Å²) in [6.45, 7) is 4.48. The Balaban J connectivity index is 1.91. The molecule has 2 aliphatic rings. The van der Waals surface area contributed by atoms with Crippen molar-refractivity contribution in [1.82, 2.24) is 5.32 Å². The van der Waals surface area contributed by atoms with E-state index < -0.39 is 11.5 Å². The number of Topliss-reactive ketones (excluding diaryl/α,β-unsaturated/α-hetero) is 1. The molecule has 1 unspecified atom stereocenters. The number of carbonyl (C=O) groups excluding carboxylic acids is 2. The average Bonchev–Trinajstić information content (AvgIpc) is 2.69. The first-order chi connectivity index (χ1) is 11.1. The molecule has 124 valence electrons. The Morgan fingerprint density at radius 3 is 2.48 bits per heavy atom. The maximum Gasteiger partial charge on any atom is 0.235 e. The van der Waals surface area contributed by atoms with Gasteiger partial charge in [-0.25, -0.2) is 0 Å². The molecule has 0 bridgehead atoms. The van der Waals surface area contributed by atoms with E-state index in [1.54, 1.807) is 0 Å². The standard InChI is InChI=1S/C19H25NO3/c1-3-23-14-8-9-15(13(2)12-14)16-17(21)19(20-18(16)22)10-6-4-5-7-11-19/h8-9,12,16H,3-7,10-11H2,1-2H3,(H,20,22). The highest BCUT2D eigenvalue weighted by molar-refractivity contribution is 6.17. The van der Waals surface area contributed by atoms with Crippen LogP contribution in [0.3, 0.4) is 0 Å². The Morgan fingerprint density at radius 2 is 1.87 bits per heavy atom. The Kier molecular flexibility index (Phi) is 4.42. The highest BCUT2D eigenvalue weighted by Gasteiger charge is 2.52. The lowest BCUT2D eigenvalue weighted by atomic mass is 9.81. The van der Waals surface area contributed by atoms with Crippen molar-refractivity contribution in [2.24, 2.45) is 0 Å². The molecule has 1 heterocycles. The smallest absolute Gasteiger partial charge is 0.235 e. The molecule has 1 saturated heterocycles. The van der Waals surface area contributed by atoms with Crippen LogP contribution in [0.15, 0.2) is 18.2 Å². The van der Waals surface area contributed by atoms with E-state index in [0.717, 1.165) is 55.4 Å². The second kappa shape index (κ2) is 6.34.